The van der Waals surface area contributed by atoms with Crippen molar-refractivity contribution in [3.8, 4) is 5.75 Å². The van der Waals surface area contributed by atoms with Crippen molar-refractivity contribution < 1.29 is 9.53 Å². The fourth-order valence-corrected chi connectivity index (χ4v) is 2.18. The molecule has 1 rings (SSSR count). The van der Waals surface area contributed by atoms with Gasteiger partial charge in [0.2, 0.25) is 5.91 Å². The number of rotatable bonds is 8. The van der Waals surface area contributed by atoms with Crippen molar-refractivity contribution in [1.29, 1.82) is 0 Å². The van der Waals surface area contributed by atoms with Crippen molar-refractivity contribution in [2.24, 2.45) is 11.1 Å². The molecule has 0 radical (unpaired) electrons. The van der Waals surface area contributed by atoms with E-state index in [1.165, 1.54) is 0 Å². The number of nitrogens with two attached hydrogens (primary N) is 1. The second-order valence-corrected chi connectivity index (χ2v) is 4.77. The van der Waals surface area contributed by atoms with Crippen LogP contribution in [0.15, 0.2) is 36.9 Å². The molecule has 2 N–H and O–H groups in total. The van der Waals surface area contributed by atoms with E-state index in [1.54, 1.807) is 6.08 Å². The summed E-state index contributed by atoms with van der Waals surface area (Å²) in [6.45, 7) is 8.12. The molecule has 1 aromatic rings. The van der Waals surface area contributed by atoms with E-state index in [1.807, 2.05) is 38.1 Å². The molecule has 0 aromatic heterocycles. The number of carbonyl (C=O) groups excluding carboxylic acids is 1. The van der Waals surface area contributed by atoms with Gasteiger partial charge in [0.25, 0.3) is 0 Å². The van der Waals surface area contributed by atoms with Crippen LogP contribution in [0.2, 0.25) is 0 Å². The first kappa shape index (κ1) is 15.3. The lowest BCUT2D eigenvalue weighted by Gasteiger charge is -2.28. The molecule has 0 saturated carbocycles. The first-order valence-corrected chi connectivity index (χ1v) is 6.70. The van der Waals surface area contributed by atoms with Gasteiger partial charge in [0.1, 0.15) is 12.4 Å². The molecule has 0 spiro atoms. The Morgan fingerprint density at radius 1 is 1.32 bits per heavy atom. The van der Waals surface area contributed by atoms with E-state index in [-0.39, 0.29) is 5.91 Å². The number of benzene rings is 1. The van der Waals surface area contributed by atoms with Gasteiger partial charge >= 0.3 is 0 Å². The zero-order valence-electron chi connectivity index (χ0n) is 11.8. The molecule has 1 aromatic carbocycles. The summed E-state index contributed by atoms with van der Waals surface area (Å²) in [4.78, 5) is 11.7. The van der Waals surface area contributed by atoms with Gasteiger partial charge in [-0.1, -0.05) is 38.6 Å². The molecule has 0 bridgehead atoms. The van der Waals surface area contributed by atoms with Crippen molar-refractivity contribution >= 4 is 5.91 Å². The van der Waals surface area contributed by atoms with Crippen LogP contribution in [0.4, 0.5) is 0 Å². The molecule has 0 aliphatic carbocycles. The monoisotopic (exact) mass is 261 g/mol. The SMILES string of the molecule is C=CCOc1ccc(CC(CC)(CC)C(N)=O)cc1. The number of amides is 1. The van der Waals surface area contributed by atoms with Crippen molar-refractivity contribution in [3.05, 3.63) is 42.5 Å². The van der Waals surface area contributed by atoms with Crippen LogP contribution in [0.1, 0.15) is 32.3 Å². The Hall–Kier alpha value is -1.77. The molecule has 3 heteroatoms. The molecule has 0 heterocycles. The van der Waals surface area contributed by atoms with Gasteiger partial charge in [-0.15, -0.1) is 0 Å². The Balaban J connectivity index is 2.80. The number of primary amides is 1. The maximum atomic E-state index is 11.7. The van der Waals surface area contributed by atoms with Crippen LogP contribution in [0.3, 0.4) is 0 Å². The maximum Gasteiger partial charge on any atom is 0.223 e. The molecule has 0 fully saturated rings. The summed E-state index contributed by atoms with van der Waals surface area (Å²) in [6, 6.07) is 7.80. The summed E-state index contributed by atoms with van der Waals surface area (Å²) in [6.07, 6.45) is 3.90. The largest absolute Gasteiger partial charge is 0.490 e. The molecule has 0 aliphatic heterocycles. The molecule has 0 aliphatic rings. The average molecular weight is 261 g/mol. The zero-order chi connectivity index (χ0) is 14.3. The number of ether oxygens (including phenoxy) is 1. The predicted octanol–water partition coefficient (Wildman–Crippen LogP) is 3.09. The van der Waals surface area contributed by atoms with Gasteiger partial charge < -0.3 is 10.5 Å². The molecule has 0 saturated heterocycles. The van der Waals surface area contributed by atoms with Crippen molar-refractivity contribution in [2.75, 3.05) is 6.61 Å². The Labute approximate surface area is 115 Å². The van der Waals surface area contributed by atoms with Crippen LogP contribution in [0, 0.1) is 5.41 Å². The van der Waals surface area contributed by atoms with Gasteiger partial charge in [-0.3, -0.25) is 4.79 Å². The van der Waals surface area contributed by atoms with Crippen LogP contribution in [-0.4, -0.2) is 12.5 Å². The highest BCUT2D eigenvalue weighted by Gasteiger charge is 2.32. The minimum absolute atomic E-state index is 0.218. The summed E-state index contributed by atoms with van der Waals surface area (Å²) >= 11 is 0. The third kappa shape index (κ3) is 3.85. The normalized spacial score (nSPS) is 11.1. The van der Waals surface area contributed by atoms with Gasteiger partial charge in [-0.25, -0.2) is 0 Å². The summed E-state index contributed by atoms with van der Waals surface area (Å²) in [5.41, 5.74) is 6.23. The van der Waals surface area contributed by atoms with E-state index in [0.717, 1.165) is 24.2 Å². The first-order chi connectivity index (χ1) is 9.07. The zero-order valence-corrected chi connectivity index (χ0v) is 11.8. The molecule has 3 nitrogen and oxygen atoms in total. The van der Waals surface area contributed by atoms with Crippen LogP contribution in [0.25, 0.3) is 0 Å². The molecule has 1 amide bonds. The fraction of sp³-hybridized carbons (Fsp3) is 0.438. The number of hydrogen-bond donors (Lipinski definition) is 1. The lowest BCUT2D eigenvalue weighted by molar-refractivity contribution is -0.128. The van der Waals surface area contributed by atoms with Crippen LogP contribution < -0.4 is 10.5 Å². The van der Waals surface area contributed by atoms with Crippen LogP contribution in [0.5, 0.6) is 5.75 Å². The van der Waals surface area contributed by atoms with Crippen molar-refractivity contribution in [2.45, 2.75) is 33.1 Å². The Morgan fingerprint density at radius 3 is 2.32 bits per heavy atom. The fourth-order valence-electron chi connectivity index (χ4n) is 2.18. The Morgan fingerprint density at radius 2 is 1.89 bits per heavy atom. The van der Waals surface area contributed by atoms with E-state index in [0.29, 0.717) is 13.0 Å². The van der Waals surface area contributed by atoms with Gasteiger partial charge in [-0.2, -0.15) is 0 Å². The highest BCUT2D eigenvalue weighted by atomic mass is 16.5. The van der Waals surface area contributed by atoms with Gasteiger partial charge in [0.15, 0.2) is 0 Å². The summed E-state index contributed by atoms with van der Waals surface area (Å²) < 4.78 is 5.43. The van der Waals surface area contributed by atoms with E-state index in [2.05, 4.69) is 6.58 Å². The summed E-state index contributed by atoms with van der Waals surface area (Å²) in [5.74, 6) is 0.589. The second kappa shape index (κ2) is 6.98. The second-order valence-electron chi connectivity index (χ2n) is 4.77. The smallest absolute Gasteiger partial charge is 0.223 e. The minimum atomic E-state index is -0.441. The van der Waals surface area contributed by atoms with Crippen LogP contribution >= 0.6 is 0 Å². The van der Waals surface area contributed by atoms with E-state index in [9.17, 15) is 4.79 Å². The molecule has 19 heavy (non-hydrogen) atoms. The molecular weight excluding hydrogens is 238 g/mol. The van der Waals surface area contributed by atoms with E-state index in [4.69, 9.17) is 10.5 Å². The topological polar surface area (TPSA) is 52.3 Å². The summed E-state index contributed by atoms with van der Waals surface area (Å²) in [7, 11) is 0. The lowest BCUT2D eigenvalue weighted by atomic mass is 9.76. The van der Waals surface area contributed by atoms with Gasteiger partial charge in [-0.05, 0) is 37.0 Å². The van der Waals surface area contributed by atoms with Crippen molar-refractivity contribution in [3.63, 3.8) is 0 Å². The lowest BCUT2D eigenvalue weighted by Crippen LogP contribution is -2.38. The van der Waals surface area contributed by atoms with E-state index < -0.39 is 5.41 Å². The number of carbonyl (C=O) groups is 1. The number of hydrogen-bond acceptors (Lipinski definition) is 2. The van der Waals surface area contributed by atoms with E-state index >= 15 is 0 Å². The van der Waals surface area contributed by atoms with Gasteiger partial charge in [0.05, 0.1) is 5.41 Å². The average Bonchev–Trinajstić information content (AvgIpc) is 2.43. The highest BCUT2D eigenvalue weighted by Crippen LogP contribution is 2.31. The first-order valence-electron chi connectivity index (χ1n) is 6.70. The summed E-state index contributed by atoms with van der Waals surface area (Å²) in [5, 5.41) is 0. The predicted molar refractivity (Wildman–Crippen MR) is 78.0 cm³/mol. The van der Waals surface area contributed by atoms with Crippen LogP contribution in [-0.2, 0) is 11.2 Å². The Bertz CT molecular complexity index is 419. The standard InChI is InChI=1S/C16H23NO2/c1-4-11-19-14-9-7-13(8-10-14)12-16(5-2,6-3)15(17)18/h4,7-10H,1,5-6,11-12H2,2-3H3,(H2,17,18). The van der Waals surface area contributed by atoms with Crippen molar-refractivity contribution in [1.82, 2.24) is 0 Å². The third-order valence-electron chi connectivity index (χ3n) is 3.71. The Kier molecular flexibility index (Phi) is 5.61. The highest BCUT2D eigenvalue weighted by molar-refractivity contribution is 5.81. The quantitative estimate of drug-likeness (QED) is 0.731. The molecule has 104 valence electrons. The van der Waals surface area contributed by atoms with Gasteiger partial charge in [0, 0.05) is 0 Å². The molecule has 0 unspecified atom stereocenters. The minimum Gasteiger partial charge on any atom is -0.490 e. The molecular formula is C16H23NO2. The molecule has 0 atom stereocenters. The maximum absolute atomic E-state index is 11.7. The third-order valence-corrected chi connectivity index (χ3v) is 3.71.